The molecule has 1 aromatic carbocycles. The zero-order valence-electron chi connectivity index (χ0n) is 11.3. The quantitative estimate of drug-likeness (QED) is 0.933. The van der Waals surface area contributed by atoms with Crippen LogP contribution in [0.4, 0.5) is 0 Å². The number of benzene rings is 1. The molecule has 5 nitrogen and oxygen atoms in total. The molecule has 2 aromatic rings. The minimum Gasteiger partial charge on any atom is -0.439 e. The molecule has 1 heterocycles. The maximum absolute atomic E-state index is 11.5. The Hall–Kier alpha value is -2.69. The van der Waals surface area contributed by atoms with E-state index in [1.807, 2.05) is 18.2 Å². The third-order valence-corrected chi connectivity index (χ3v) is 3.48. The maximum Gasteiger partial charge on any atom is 0.250 e. The van der Waals surface area contributed by atoms with Gasteiger partial charge in [-0.2, -0.15) is 0 Å². The number of aryl methyl sites for hydroxylation is 1. The first-order valence-electron chi connectivity index (χ1n) is 6.69. The number of hydrogen-bond donors (Lipinski definition) is 1. The smallest absolute Gasteiger partial charge is 0.250 e. The van der Waals surface area contributed by atoms with E-state index in [0.29, 0.717) is 30.0 Å². The summed E-state index contributed by atoms with van der Waals surface area (Å²) in [6.45, 7) is 0. The van der Waals surface area contributed by atoms with Gasteiger partial charge in [-0.1, -0.05) is 6.07 Å². The number of hydrogen-bond acceptors (Lipinski definition) is 4. The Morgan fingerprint density at radius 2 is 2.00 bits per heavy atom. The number of fused-ring (bicyclic) bond motifs is 1. The number of primary amides is 1. The number of nitrogens with zero attached hydrogens (tertiary/aromatic N) is 1. The summed E-state index contributed by atoms with van der Waals surface area (Å²) in [7, 11) is 0. The molecule has 1 amide bonds. The Kier molecular flexibility index (Phi) is 3.39. The van der Waals surface area contributed by atoms with Crippen LogP contribution in [-0.2, 0) is 17.6 Å². The van der Waals surface area contributed by atoms with Gasteiger partial charge in [0.05, 0.1) is 5.56 Å². The van der Waals surface area contributed by atoms with Gasteiger partial charge in [0.2, 0.25) is 11.8 Å². The van der Waals surface area contributed by atoms with Crippen molar-refractivity contribution in [2.75, 3.05) is 0 Å². The molecule has 0 unspecified atom stereocenters. The molecular formula is C16H14N2O3. The van der Waals surface area contributed by atoms with Gasteiger partial charge in [-0.25, -0.2) is 4.98 Å². The average molecular weight is 282 g/mol. The molecule has 1 aromatic heterocycles. The number of ether oxygens (including phenoxy) is 1. The second-order valence-electron chi connectivity index (χ2n) is 5.00. The highest BCUT2D eigenvalue weighted by Gasteiger charge is 2.16. The van der Waals surface area contributed by atoms with Crippen molar-refractivity contribution in [3.63, 3.8) is 0 Å². The highest BCUT2D eigenvalue weighted by atomic mass is 16.5. The number of rotatable bonds is 3. The van der Waals surface area contributed by atoms with E-state index < -0.39 is 5.91 Å². The number of Topliss-reactive ketones (excluding diaryl/α,β-unsaturated/α-hetero) is 1. The van der Waals surface area contributed by atoms with Crippen LogP contribution in [0.1, 0.15) is 27.9 Å². The average Bonchev–Trinajstić information content (AvgIpc) is 2.47. The topological polar surface area (TPSA) is 82.3 Å². The molecule has 1 aliphatic rings. The summed E-state index contributed by atoms with van der Waals surface area (Å²) in [6.07, 6.45) is 3.24. The van der Waals surface area contributed by atoms with Gasteiger partial charge in [0.1, 0.15) is 11.5 Å². The fourth-order valence-corrected chi connectivity index (χ4v) is 2.36. The molecule has 0 bridgehead atoms. The van der Waals surface area contributed by atoms with Crippen molar-refractivity contribution in [3.8, 4) is 11.6 Å². The minimum atomic E-state index is -0.527. The normalized spacial score (nSPS) is 13.6. The predicted molar refractivity (Wildman–Crippen MR) is 76.3 cm³/mol. The monoisotopic (exact) mass is 282 g/mol. The summed E-state index contributed by atoms with van der Waals surface area (Å²) in [6, 6.07) is 8.86. The summed E-state index contributed by atoms with van der Waals surface area (Å²) < 4.78 is 5.64. The summed E-state index contributed by atoms with van der Waals surface area (Å²) in [5.74, 6) is 0.731. The van der Waals surface area contributed by atoms with Gasteiger partial charge >= 0.3 is 0 Å². The van der Waals surface area contributed by atoms with Gasteiger partial charge < -0.3 is 10.5 Å². The van der Waals surface area contributed by atoms with E-state index in [1.165, 1.54) is 11.8 Å². The second kappa shape index (κ2) is 5.36. The lowest BCUT2D eigenvalue weighted by Crippen LogP contribution is -2.13. The van der Waals surface area contributed by atoms with Crippen LogP contribution in [0, 0.1) is 0 Å². The number of pyridine rings is 1. The van der Waals surface area contributed by atoms with Crippen LogP contribution < -0.4 is 10.5 Å². The molecule has 0 radical (unpaired) electrons. The van der Waals surface area contributed by atoms with Crippen LogP contribution in [0.2, 0.25) is 0 Å². The zero-order chi connectivity index (χ0) is 14.8. The fourth-order valence-electron chi connectivity index (χ4n) is 2.36. The molecule has 0 spiro atoms. The Bertz CT molecular complexity index is 708. The van der Waals surface area contributed by atoms with Gasteiger partial charge in [-0.3, -0.25) is 9.59 Å². The first-order valence-corrected chi connectivity index (χ1v) is 6.69. The third-order valence-electron chi connectivity index (χ3n) is 3.48. The molecule has 0 saturated carbocycles. The summed E-state index contributed by atoms with van der Waals surface area (Å²) in [5.41, 5.74) is 7.69. The number of aromatic nitrogens is 1. The van der Waals surface area contributed by atoms with Gasteiger partial charge in [-0.15, -0.1) is 0 Å². The standard InChI is InChI=1S/C16H14N2O3/c17-16(20)11-3-6-15(18-9-11)21-14-5-2-10-1-4-13(19)7-12(10)8-14/h2-3,5-6,8-9H,1,4,7H2,(H2,17,20). The first-order chi connectivity index (χ1) is 10.1. The third kappa shape index (κ3) is 2.91. The number of carbonyl (C=O) groups excluding carboxylic acids is 2. The van der Waals surface area contributed by atoms with E-state index in [1.54, 1.807) is 12.1 Å². The van der Waals surface area contributed by atoms with Crippen molar-refractivity contribution >= 4 is 11.7 Å². The van der Waals surface area contributed by atoms with Crippen LogP contribution in [0.25, 0.3) is 0 Å². The van der Waals surface area contributed by atoms with E-state index in [4.69, 9.17) is 10.5 Å². The molecule has 3 rings (SSSR count). The second-order valence-corrected chi connectivity index (χ2v) is 5.00. The van der Waals surface area contributed by atoms with E-state index in [-0.39, 0.29) is 5.78 Å². The Balaban J connectivity index is 1.80. The van der Waals surface area contributed by atoms with E-state index in [0.717, 1.165) is 12.0 Å². The number of ketones is 1. The number of carbonyl (C=O) groups is 2. The number of amides is 1. The van der Waals surface area contributed by atoms with Gasteiger partial charge in [0.25, 0.3) is 0 Å². The zero-order valence-corrected chi connectivity index (χ0v) is 11.3. The highest BCUT2D eigenvalue weighted by molar-refractivity contribution is 5.92. The molecule has 0 atom stereocenters. The highest BCUT2D eigenvalue weighted by Crippen LogP contribution is 2.26. The molecular weight excluding hydrogens is 268 g/mol. The van der Waals surface area contributed by atoms with Crippen LogP contribution >= 0.6 is 0 Å². The lowest BCUT2D eigenvalue weighted by atomic mass is 9.91. The maximum atomic E-state index is 11.5. The molecule has 2 N–H and O–H groups in total. The van der Waals surface area contributed by atoms with Crippen molar-refractivity contribution in [1.82, 2.24) is 4.98 Å². The molecule has 106 valence electrons. The molecule has 0 saturated heterocycles. The number of nitrogens with two attached hydrogens (primary N) is 1. The Labute approximate surface area is 121 Å². The molecule has 21 heavy (non-hydrogen) atoms. The summed E-state index contributed by atoms with van der Waals surface area (Å²) >= 11 is 0. The lowest BCUT2D eigenvalue weighted by Gasteiger charge is -2.15. The van der Waals surface area contributed by atoms with Crippen LogP contribution in [-0.4, -0.2) is 16.7 Å². The Morgan fingerprint density at radius 1 is 1.14 bits per heavy atom. The largest absolute Gasteiger partial charge is 0.439 e. The van der Waals surface area contributed by atoms with Crippen molar-refractivity contribution in [2.45, 2.75) is 19.3 Å². The molecule has 0 fully saturated rings. The van der Waals surface area contributed by atoms with Gasteiger partial charge in [-0.05, 0) is 35.7 Å². The van der Waals surface area contributed by atoms with Crippen molar-refractivity contribution in [1.29, 1.82) is 0 Å². The van der Waals surface area contributed by atoms with Crippen molar-refractivity contribution < 1.29 is 14.3 Å². The van der Waals surface area contributed by atoms with Crippen molar-refractivity contribution in [2.24, 2.45) is 5.73 Å². The molecule has 0 aliphatic heterocycles. The van der Waals surface area contributed by atoms with E-state index in [9.17, 15) is 9.59 Å². The van der Waals surface area contributed by atoms with E-state index in [2.05, 4.69) is 4.98 Å². The van der Waals surface area contributed by atoms with Crippen LogP contribution in [0.5, 0.6) is 11.6 Å². The van der Waals surface area contributed by atoms with Crippen LogP contribution in [0.15, 0.2) is 36.5 Å². The fraction of sp³-hybridized carbons (Fsp3) is 0.188. The summed E-state index contributed by atoms with van der Waals surface area (Å²) in [4.78, 5) is 26.5. The van der Waals surface area contributed by atoms with Crippen LogP contribution in [0.3, 0.4) is 0 Å². The van der Waals surface area contributed by atoms with Gasteiger partial charge in [0.15, 0.2) is 0 Å². The summed E-state index contributed by atoms with van der Waals surface area (Å²) in [5, 5.41) is 0. The lowest BCUT2D eigenvalue weighted by molar-refractivity contribution is -0.118. The predicted octanol–water partition coefficient (Wildman–Crippen LogP) is 2.03. The SMILES string of the molecule is NC(=O)c1ccc(Oc2ccc3c(c2)CC(=O)CC3)nc1. The Morgan fingerprint density at radius 3 is 2.71 bits per heavy atom. The molecule has 5 heteroatoms. The van der Waals surface area contributed by atoms with Gasteiger partial charge in [0, 0.05) is 25.1 Å². The minimum absolute atomic E-state index is 0.253. The first kappa shape index (κ1) is 13.3. The van der Waals surface area contributed by atoms with E-state index >= 15 is 0 Å². The molecule has 1 aliphatic carbocycles. The van der Waals surface area contributed by atoms with Crippen molar-refractivity contribution in [3.05, 3.63) is 53.2 Å².